The summed E-state index contributed by atoms with van der Waals surface area (Å²) in [5.41, 5.74) is 2.56. The molecule has 0 spiro atoms. The third-order valence-corrected chi connectivity index (χ3v) is 3.96. The maximum absolute atomic E-state index is 13.7. The SMILES string of the molecule is Fc1cc(Cl)c2[nH]cc(-c3ccc4c(F)cccc4n3)c2c1. The number of nitrogens with zero attached hydrogens (tertiary/aromatic N) is 1. The standard InChI is InChI=1S/C17H9ClF2N2/c18-13-7-9(19)6-11-12(8-21-17(11)13)16-5-4-10-14(20)2-1-3-15(10)22-16/h1-8,21H. The van der Waals surface area contributed by atoms with Gasteiger partial charge in [-0.15, -0.1) is 0 Å². The van der Waals surface area contributed by atoms with Gasteiger partial charge in [-0.2, -0.15) is 0 Å². The van der Waals surface area contributed by atoms with E-state index in [2.05, 4.69) is 9.97 Å². The van der Waals surface area contributed by atoms with Gasteiger partial charge in [0.1, 0.15) is 11.6 Å². The first-order chi connectivity index (χ1) is 10.6. The lowest BCUT2D eigenvalue weighted by atomic mass is 10.1. The minimum Gasteiger partial charge on any atom is -0.359 e. The molecule has 0 aliphatic rings. The summed E-state index contributed by atoms with van der Waals surface area (Å²) in [5, 5.41) is 1.41. The van der Waals surface area contributed by atoms with Gasteiger partial charge in [-0.3, -0.25) is 0 Å². The first kappa shape index (κ1) is 13.2. The number of aromatic nitrogens is 2. The maximum atomic E-state index is 13.7. The molecule has 22 heavy (non-hydrogen) atoms. The quantitative estimate of drug-likeness (QED) is 0.506. The van der Waals surface area contributed by atoms with Crippen molar-refractivity contribution in [2.24, 2.45) is 0 Å². The van der Waals surface area contributed by atoms with Gasteiger partial charge in [0.25, 0.3) is 0 Å². The Morgan fingerprint density at radius 3 is 2.73 bits per heavy atom. The Morgan fingerprint density at radius 1 is 1.00 bits per heavy atom. The van der Waals surface area contributed by atoms with Crippen molar-refractivity contribution < 1.29 is 8.78 Å². The molecule has 0 radical (unpaired) electrons. The molecule has 4 aromatic rings. The van der Waals surface area contributed by atoms with Crippen LogP contribution in [0.3, 0.4) is 0 Å². The zero-order valence-corrected chi connectivity index (χ0v) is 12.0. The lowest BCUT2D eigenvalue weighted by Crippen LogP contribution is -1.87. The molecule has 0 aliphatic carbocycles. The lowest BCUT2D eigenvalue weighted by molar-refractivity contribution is 0.630. The first-order valence-corrected chi connectivity index (χ1v) is 7.03. The van der Waals surface area contributed by atoms with E-state index in [0.717, 1.165) is 5.56 Å². The molecule has 2 aromatic heterocycles. The molecule has 0 fully saturated rings. The molecule has 1 N–H and O–H groups in total. The molecule has 0 amide bonds. The largest absolute Gasteiger partial charge is 0.359 e. The summed E-state index contributed by atoms with van der Waals surface area (Å²) in [4.78, 5) is 7.49. The number of fused-ring (bicyclic) bond motifs is 2. The Hall–Kier alpha value is -2.46. The van der Waals surface area contributed by atoms with Gasteiger partial charge in [0, 0.05) is 22.5 Å². The monoisotopic (exact) mass is 314 g/mol. The second kappa shape index (κ2) is 4.78. The minimum atomic E-state index is -0.412. The maximum Gasteiger partial charge on any atom is 0.132 e. The molecular weight excluding hydrogens is 306 g/mol. The van der Waals surface area contributed by atoms with Gasteiger partial charge in [-0.25, -0.2) is 13.8 Å². The number of aromatic amines is 1. The minimum absolute atomic E-state index is 0.313. The fourth-order valence-electron chi connectivity index (χ4n) is 2.63. The lowest BCUT2D eigenvalue weighted by Gasteiger charge is -2.03. The smallest absolute Gasteiger partial charge is 0.132 e. The molecule has 0 unspecified atom stereocenters. The van der Waals surface area contributed by atoms with E-state index in [0.29, 0.717) is 32.5 Å². The summed E-state index contributed by atoms with van der Waals surface area (Å²) in [6.07, 6.45) is 1.73. The zero-order valence-electron chi connectivity index (χ0n) is 11.2. The molecule has 0 saturated carbocycles. The normalized spacial score (nSPS) is 11.4. The van der Waals surface area contributed by atoms with E-state index in [4.69, 9.17) is 11.6 Å². The van der Waals surface area contributed by atoms with Gasteiger partial charge in [-0.05, 0) is 36.4 Å². The molecule has 2 nitrogen and oxygen atoms in total. The second-order valence-corrected chi connectivity index (χ2v) is 5.42. The predicted molar refractivity (Wildman–Crippen MR) is 84.0 cm³/mol. The predicted octanol–water partition coefficient (Wildman–Crippen LogP) is 5.31. The topological polar surface area (TPSA) is 28.7 Å². The molecule has 0 bridgehead atoms. The number of nitrogens with one attached hydrogen (secondary N) is 1. The molecular formula is C17H9ClF2N2. The molecule has 0 aliphatic heterocycles. The molecule has 0 saturated heterocycles. The van der Waals surface area contributed by atoms with E-state index in [1.165, 1.54) is 18.2 Å². The van der Waals surface area contributed by atoms with Crippen molar-refractivity contribution in [3.8, 4) is 11.3 Å². The highest BCUT2D eigenvalue weighted by molar-refractivity contribution is 6.35. The average molecular weight is 315 g/mol. The van der Waals surface area contributed by atoms with Gasteiger partial charge < -0.3 is 4.98 Å². The highest BCUT2D eigenvalue weighted by atomic mass is 35.5. The van der Waals surface area contributed by atoms with Crippen LogP contribution < -0.4 is 0 Å². The highest BCUT2D eigenvalue weighted by Crippen LogP contribution is 2.33. The third-order valence-electron chi connectivity index (χ3n) is 3.66. The van der Waals surface area contributed by atoms with Crippen LogP contribution in [-0.4, -0.2) is 9.97 Å². The molecule has 4 rings (SSSR count). The average Bonchev–Trinajstić information content (AvgIpc) is 2.91. The summed E-state index contributed by atoms with van der Waals surface area (Å²) in [6.45, 7) is 0. The van der Waals surface area contributed by atoms with E-state index in [9.17, 15) is 8.78 Å². The fourth-order valence-corrected chi connectivity index (χ4v) is 2.89. The van der Waals surface area contributed by atoms with Crippen LogP contribution in [0.2, 0.25) is 5.02 Å². The summed E-state index contributed by atoms with van der Waals surface area (Å²) >= 11 is 6.04. The van der Waals surface area contributed by atoms with Crippen LogP contribution in [0.25, 0.3) is 33.1 Å². The van der Waals surface area contributed by atoms with Crippen molar-refractivity contribution in [3.05, 3.63) is 65.3 Å². The number of hydrogen-bond acceptors (Lipinski definition) is 1. The first-order valence-electron chi connectivity index (χ1n) is 6.65. The van der Waals surface area contributed by atoms with E-state index >= 15 is 0 Å². The van der Waals surface area contributed by atoms with E-state index < -0.39 is 5.82 Å². The van der Waals surface area contributed by atoms with Crippen LogP contribution in [-0.2, 0) is 0 Å². The van der Waals surface area contributed by atoms with Crippen molar-refractivity contribution in [2.45, 2.75) is 0 Å². The van der Waals surface area contributed by atoms with Crippen molar-refractivity contribution in [2.75, 3.05) is 0 Å². The van der Waals surface area contributed by atoms with Crippen molar-refractivity contribution in [3.63, 3.8) is 0 Å². The van der Waals surface area contributed by atoms with Gasteiger partial charge in [0.05, 0.1) is 21.7 Å². The Kier molecular flexibility index (Phi) is 2.87. The van der Waals surface area contributed by atoms with Crippen LogP contribution in [0.15, 0.2) is 48.7 Å². The van der Waals surface area contributed by atoms with Crippen molar-refractivity contribution in [1.82, 2.24) is 9.97 Å². The molecule has 108 valence electrons. The van der Waals surface area contributed by atoms with Crippen LogP contribution in [0.5, 0.6) is 0 Å². The van der Waals surface area contributed by atoms with Crippen LogP contribution >= 0.6 is 11.6 Å². The number of hydrogen-bond donors (Lipinski definition) is 1. The van der Waals surface area contributed by atoms with E-state index in [1.807, 2.05) is 0 Å². The van der Waals surface area contributed by atoms with Crippen LogP contribution in [0.1, 0.15) is 0 Å². The molecule has 5 heteroatoms. The number of rotatable bonds is 1. The van der Waals surface area contributed by atoms with Gasteiger partial charge >= 0.3 is 0 Å². The number of H-pyrrole nitrogens is 1. The molecule has 2 heterocycles. The van der Waals surface area contributed by atoms with Crippen LogP contribution in [0.4, 0.5) is 8.78 Å². The second-order valence-electron chi connectivity index (χ2n) is 5.02. The van der Waals surface area contributed by atoms with E-state index in [-0.39, 0.29) is 5.82 Å². The summed E-state index contributed by atoms with van der Waals surface area (Å²) in [6, 6.07) is 10.8. The third kappa shape index (κ3) is 1.96. The number of pyridine rings is 1. The van der Waals surface area contributed by atoms with Crippen molar-refractivity contribution >= 4 is 33.4 Å². The van der Waals surface area contributed by atoms with E-state index in [1.54, 1.807) is 30.5 Å². The summed E-state index contributed by atoms with van der Waals surface area (Å²) in [5.74, 6) is -0.727. The summed E-state index contributed by atoms with van der Waals surface area (Å²) < 4.78 is 27.3. The van der Waals surface area contributed by atoms with Gasteiger partial charge in [-0.1, -0.05) is 17.7 Å². The number of benzene rings is 2. The Bertz CT molecular complexity index is 1020. The van der Waals surface area contributed by atoms with Gasteiger partial charge in [0.15, 0.2) is 0 Å². The highest BCUT2D eigenvalue weighted by Gasteiger charge is 2.12. The summed E-state index contributed by atoms with van der Waals surface area (Å²) in [7, 11) is 0. The van der Waals surface area contributed by atoms with Crippen LogP contribution in [0, 0.1) is 11.6 Å². The number of halogens is 3. The Labute approximate surface area is 129 Å². The Morgan fingerprint density at radius 2 is 1.86 bits per heavy atom. The molecule has 2 aromatic carbocycles. The Balaban J connectivity index is 1.99. The fraction of sp³-hybridized carbons (Fsp3) is 0. The molecule has 0 atom stereocenters. The van der Waals surface area contributed by atoms with Crippen molar-refractivity contribution in [1.29, 1.82) is 0 Å². The zero-order chi connectivity index (χ0) is 15.3. The van der Waals surface area contributed by atoms with Gasteiger partial charge in [0.2, 0.25) is 0 Å².